The minimum Gasteiger partial charge on any atom is -0.410 e. The normalized spacial score (nSPS) is 11.1. The number of carbonyl (C=O) groups excluding carboxylic acids is 1. The molecule has 148 valence electrons. The van der Waals surface area contributed by atoms with Gasteiger partial charge in [-0.25, -0.2) is 0 Å². The van der Waals surface area contributed by atoms with Crippen molar-refractivity contribution in [1.29, 1.82) is 0 Å². The minimum atomic E-state index is -0.180. The molecule has 0 fully saturated rings. The van der Waals surface area contributed by atoms with E-state index in [9.17, 15) is 4.79 Å². The molecule has 10 heteroatoms. The fourth-order valence-corrected chi connectivity index (χ4v) is 5.05. The van der Waals surface area contributed by atoms with Crippen LogP contribution in [0.4, 0.5) is 0 Å². The lowest BCUT2D eigenvalue weighted by Gasteiger charge is -2.06. The highest BCUT2D eigenvalue weighted by molar-refractivity contribution is 7.99. The zero-order valence-corrected chi connectivity index (χ0v) is 18.5. The van der Waals surface area contributed by atoms with Crippen molar-refractivity contribution in [2.45, 2.75) is 11.8 Å². The first-order chi connectivity index (χ1) is 14.0. The van der Waals surface area contributed by atoms with Crippen LogP contribution in [0.1, 0.15) is 5.56 Å². The number of hydrogen-bond donors (Lipinski definition) is 1. The number of amides is 1. The third kappa shape index (κ3) is 4.70. The quantitative estimate of drug-likeness (QED) is 0.324. The average molecular weight is 485 g/mol. The van der Waals surface area contributed by atoms with Crippen molar-refractivity contribution in [2.24, 2.45) is 0 Å². The van der Waals surface area contributed by atoms with Gasteiger partial charge in [0.1, 0.15) is 4.88 Å². The van der Waals surface area contributed by atoms with E-state index >= 15 is 0 Å². The van der Waals surface area contributed by atoms with Gasteiger partial charge in [-0.15, -0.1) is 21.5 Å². The topological polar surface area (TPSA) is 68.0 Å². The van der Waals surface area contributed by atoms with Crippen molar-refractivity contribution >= 4 is 73.9 Å². The summed E-state index contributed by atoms with van der Waals surface area (Å²) < 4.78 is 6.72. The fourth-order valence-electron chi connectivity index (χ4n) is 2.55. The van der Waals surface area contributed by atoms with Gasteiger partial charge in [-0.1, -0.05) is 70.8 Å². The molecule has 29 heavy (non-hydrogen) atoms. The number of thiophene rings is 1. The Bertz CT molecular complexity index is 1190. The number of hydrogen-bond acceptors (Lipinski definition) is 6. The van der Waals surface area contributed by atoms with E-state index in [-0.39, 0.29) is 11.7 Å². The summed E-state index contributed by atoms with van der Waals surface area (Å²) in [6, 6.07) is 12.9. The van der Waals surface area contributed by atoms with E-state index in [0.29, 0.717) is 37.6 Å². The number of fused-ring (bicyclic) bond motifs is 1. The first kappa shape index (κ1) is 20.5. The molecule has 0 aliphatic carbocycles. The summed E-state index contributed by atoms with van der Waals surface area (Å²) in [5.41, 5.74) is 0.786. The minimum absolute atomic E-state index is 0.132. The summed E-state index contributed by atoms with van der Waals surface area (Å²) in [7, 11) is 0. The van der Waals surface area contributed by atoms with Crippen LogP contribution in [-0.2, 0) is 11.3 Å². The maximum Gasteiger partial charge on any atom is 0.277 e. The van der Waals surface area contributed by atoms with Gasteiger partial charge in [-0.2, -0.15) is 0 Å². The molecule has 4 rings (SSSR count). The maximum absolute atomic E-state index is 12.1. The zero-order chi connectivity index (χ0) is 20.4. The number of thioether (sulfide) groups is 1. The Morgan fingerprint density at radius 2 is 1.97 bits per heavy atom. The van der Waals surface area contributed by atoms with Crippen LogP contribution in [0, 0.1) is 0 Å². The fraction of sp³-hybridized carbons (Fsp3) is 0.105. The van der Waals surface area contributed by atoms with Crippen molar-refractivity contribution in [3.63, 3.8) is 0 Å². The Kier molecular flexibility index (Phi) is 6.32. The lowest BCUT2D eigenvalue weighted by Crippen LogP contribution is -2.24. The van der Waals surface area contributed by atoms with Crippen molar-refractivity contribution in [2.75, 3.05) is 5.75 Å². The molecule has 2 aromatic heterocycles. The van der Waals surface area contributed by atoms with Crippen LogP contribution in [0.2, 0.25) is 15.1 Å². The van der Waals surface area contributed by atoms with Gasteiger partial charge in [0.2, 0.25) is 5.91 Å². The number of halogens is 3. The summed E-state index contributed by atoms with van der Waals surface area (Å²) in [6.45, 7) is 0.307. The molecule has 5 nitrogen and oxygen atoms in total. The Morgan fingerprint density at radius 1 is 1.14 bits per heavy atom. The molecule has 2 aromatic carbocycles. The molecule has 0 saturated heterocycles. The highest BCUT2D eigenvalue weighted by Gasteiger charge is 2.18. The van der Waals surface area contributed by atoms with Crippen LogP contribution >= 0.6 is 57.9 Å². The van der Waals surface area contributed by atoms with E-state index in [1.807, 2.05) is 24.3 Å². The van der Waals surface area contributed by atoms with Gasteiger partial charge in [0, 0.05) is 26.7 Å². The second-order valence-corrected chi connectivity index (χ2v) is 9.12. The van der Waals surface area contributed by atoms with Crippen LogP contribution < -0.4 is 5.32 Å². The molecular formula is C19H12Cl3N3O2S2. The number of benzene rings is 2. The summed E-state index contributed by atoms with van der Waals surface area (Å²) in [4.78, 5) is 12.8. The Balaban J connectivity index is 1.36. The third-order valence-corrected chi connectivity index (χ3v) is 7.02. The summed E-state index contributed by atoms with van der Waals surface area (Å²) in [5.74, 6) is 0.292. The molecule has 1 amide bonds. The number of nitrogens with one attached hydrogen (secondary N) is 1. The van der Waals surface area contributed by atoms with Crippen LogP contribution in [0.3, 0.4) is 0 Å². The zero-order valence-electron chi connectivity index (χ0n) is 14.6. The van der Waals surface area contributed by atoms with Crippen molar-refractivity contribution < 1.29 is 9.21 Å². The number of rotatable bonds is 6. The third-order valence-electron chi connectivity index (χ3n) is 3.95. The highest BCUT2D eigenvalue weighted by Crippen LogP contribution is 2.41. The maximum atomic E-state index is 12.1. The summed E-state index contributed by atoms with van der Waals surface area (Å²) in [5, 5.41) is 13.7. The van der Waals surface area contributed by atoms with Gasteiger partial charge in [0.15, 0.2) is 0 Å². The Morgan fingerprint density at radius 3 is 2.76 bits per heavy atom. The molecule has 0 saturated carbocycles. The Hall–Kier alpha value is -1.77. The smallest absolute Gasteiger partial charge is 0.277 e. The van der Waals surface area contributed by atoms with E-state index in [2.05, 4.69) is 15.5 Å². The molecule has 0 unspecified atom stereocenters. The second-order valence-electron chi connectivity index (χ2n) is 5.92. The van der Waals surface area contributed by atoms with E-state index in [4.69, 9.17) is 39.2 Å². The van der Waals surface area contributed by atoms with Gasteiger partial charge in [0.05, 0.1) is 10.8 Å². The SMILES string of the molecule is O=C(CSc1nnc(-c2sc3ccccc3c2Cl)o1)NCc1ccc(Cl)cc1Cl. The first-order valence-electron chi connectivity index (χ1n) is 8.35. The van der Waals surface area contributed by atoms with E-state index < -0.39 is 0 Å². The monoisotopic (exact) mass is 483 g/mol. The largest absolute Gasteiger partial charge is 0.410 e. The molecule has 0 aliphatic rings. The average Bonchev–Trinajstić information content (AvgIpc) is 3.30. The molecule has 2 heterocycles. The van der Waals surface area contributed by atoms with Crippen molar-refractivity contribution in [1.82, 2.24) is 15.5 Å². The highest BCUT2D eigenvalue weighted by atomic mass is 35.5. The number of aromatic nitrogens is 2. The predicted octanol–water partition coefficient (Wildman–Crippen LogP) is 6.32. The van der Waals surface area contributed by atoms with Crippen molar-refractivity contribution in [3.05, 3.63) is 63.1 Å². The molecule has 0 radical (unpaired) electrons. The van der Waals surface area contributed by atoms with Crippen molar-refractivity contribution in [3.8, 4) is 10.8 Å². The van der Waals surface area contributed by atoms with Crippen LogP contribution in [0.15, 0.2) is 52.1 Å². The second kappa shape index (κ2) is 8.93. The van der Waals surface area contributed by atoms with E-state index in [1.54, 1.807) is 18.2 Å². The molecule has 0 aliphatic heterocycles. The van der Waals surface area contributed by atoms with Gasteiger partial charge >= 0.3 is 0 Å². The molecule has 0 bridgehead atoms. The van der Waals surface area contributed by atoms with Crippen LogP contribution in [0.5, 0.6) is 0 Å². The van der Waals surface area contributed by atoms with Gasteiger partial charge in [-0.3, -0.25) is 4.79 Å². The number of nitrogens with zero attached hydrogens (tertiary/aromatic N) is 2. The lowest BCUT2D eigenvalue weighted by atomic mass is 10.2. The summed E-state index contributed by atoms with van der Waals surface area (Å²) in [6.07, 6.45) is 0. The van der Waals surface area contributed by atoms with Crippen LogP contribution in [0.25, 0.3) is 20.9 Å². The summed E-state index contributed by atoms with van der Waals surface area (Å²) >= 11 is 21.1. The predicted molar refractivity (Wildman–Crippen MR) is 119 cm³/mol. The Labute approximate surface area is 189 Å². The van der Waals surface area contributed by atoms with Gasteiger partial charge in [0.25, 0.3) is 11.1 Å². The standard InChI is InChI=1S/C19H12Cl3N3O2S2/c20-11-6-5-10(13(21)7-11)8-23-15(26)9-28-19-25-24-18(27-19)17-16(22)12-3-1-2-4-14(12)29-17/h1-7H,8-9H2,(H,23,26). The molecule has 0 spiro atoms. The van der Waals surface area contributed by atoms with Crippen LogP contribution in [-0.4, -0.2) is 21.9 Å². The van der Waals surface area contributed by atoms with E-state index in [1.165, 1.54) is 11.3 Å². The van der Waals surface area contributed by atoms with Gasteiger partial charge < -0.3 is 9.73 Å². The van der Waals surface area contributed by atoms with Gasteiger partial charge in [-0.05, 0) is 23.8 Å². The van der Waals surface area contributed by atoms with E-state index in [0.717, 1.165) is 27.4 Å². The molecule has 4 aromatic rings. The number of carbonyl (C=O) groups is 1. The molecule has 1 N–H and O–H groups in total. The first-order valence-corrected chi connectivity index (χ1v) is 11.3. The lowest BCUT2D eigenvalue weighted by molar-refractivity contribution is -0.118. The molecule has 0 atom stereocenters. The molecular weight excluding hydrogens is 473 g/mol.